The Hall–Kier alpha value is -1.47. The molecule has 0 saturated carbocycles. The third kappa shape index (κ3) is 2.76. The Morgan fingerprint density at radius 1 is 1.53 bits per heavy atom. The van der Waals surface area contributed by atoms with Gasteiger partial charge in [-0.1, -0.05) is 11.8 Å². The minimum absolute atomic E-state index is 0.160. The van der Waals surface area contributed by atoms with E-state index in [1.54, 1.807) is 12.1 Å². The zero-order valence-electron chi connectivity index (χ0n) is 10.7. The van der Waals surface area contributed by atoms with Crippen LogP contribution in [0.5, 0.6) is 0 Å². The summed E-state index contributed by atoms with van der Waals surface area (Å²) in [5.74, 6) is -1.27. The summed E-state index contributed by atoms with van der Waals surface area (Å²) in [5.41, 5.74) is 0. The molecule has 0 aliphatic carbocycles. The van der Waals surface area contributed by atoms with E-state index < -0.39 is 17.9 Å². The van der Waals surface area contributed by atoms with Crippen molar-refractivity contribution in [3.63, 3.8) is 0 Å². The molecule has 19 heavy (non-hydrogen) atoms. The number of thioether (sulfide) groups is 1. The number of aliphatic carboxylic acids is 1. The largest absolute Gasteiger partial charge is 0.480 e. The standard InChI is InChI=1S/C12H15NO5S/c1-17-7-5-8(12(15)16)13(6-7)11(14)9-3-4-10(18-9)19-2/h3-4,7-8H,5-6H2,1-2H3,(H,15,16). The maximum absolute atomic E-state index is 12.3. The van der Waals surface area contributed by atoms with Crippen LogP contribution in [0.1, 0.15) is 17.0 Å². The first-order valence-corrected chi connectivity index (χ1v) is 6.99. The number of furan rings is 1. The van der Waals surface area contributed by atoms with Gasteiger partial charge in [-0.2, -0.15) is 0 Å². The summed E-state index contributed by atoms with van der Waals surface area (Å²) in [4.78, 5) is 24.7. The van der Waals surface area contributed by atoms with Gasteiger partial charge in [-0.15, -0.1) is 0 Å². The van der Waals surface area contributed by atoms with Crippen LogP contribution in [0.2, 0.25) is 0 Å². The maximum Gasteiger partial charge on any atom is 0.326 e. The third-order valence-corrected chi connectivity index (χ3v) is 3.76. The number of hydrogen-bond donors (Lipinski definition) is 1. The van der Waals surface area contributed by atoms with Crippen molar-refractivity contribution in [2.24, 2.45) is 0 Å². The van der Waals surface area contributed by atoms with E-state index in [-0.39, 0.29) is 18.4 Å². The molecule has 1 aromatic heterocycles. The van der Waals surface area contributed by atoms with E-state index in [9.17, 15) is 9.59 Å². The maximum atomic E-state index is 12.3. The quantitative estimate of drug-likeness (QED) is 0.840. The average Bonchev–Trinajstić information content (AvgIpc) is 3.04. The van der Waals surface area contributed by atoms with Crippen molar-refractivity contribution in [1.82, 2.24) is 4.90 Å². The minimum Gasteiger partial charge on any atom is -0.480 e. The lowest BCUT2D eigenvalue weighted by Gasteiger charge is -2.19. The summed E-state index contributed by atoms with van der Waals surface area (Å²) in [7, 11) is 1.51. The van der Waals surface area contributed by atoms with Gasteiger partial charge in [0.2, 0.25) is 0 Å². The summed E-state index contributed by atoms with van der Waals surface area (Å²) < 4.78 is 10.5. The third-order valence-electron chi connectivity index (χ3n) is 3.14. The lowest BCUT2D eigenvalue weighted by Crippen LogP contribution is -2.40. The van der Waals surface area contributed by atoms with Gasteiger partial charge in [-0.05, 0) is 18.4 Å². The first kappa shape index (κ1) is 14.0. The van der Waals surface area contributed by atoms with Gasteiger partial charge >= 0.3 is 5.97 Å². The van der Waals surface area contributed by atoms with Crippen molar-refractivity contribution in [1.29, 1.82) is 0 Å². The van der Waals surface area contributed by atoms with E-state index in [0.717, 1.165) is 0 Å². The highest BCUT2D eigenvalue weighted by Gasteiger charge is 2.40. The monoisotopic (exact) mass is 285 g/mol. The Labute approximate surface area is 114 Å². The van der Waals surface area contributed by atoms with Gasteiger partial charge < -0.3 is 19.2 Å². The van der Waals surface area contributed by atoms with Gasteiger partial charge in [0, 0.05) is 20.1 Å². The molecule has 1 amide bonds. The van der Waals surface area contributed by atoms with E-state index in [0.29, 0.717) is 11.5 Å². The molecule has 2 atom stereocenters. The van der Waals surface area contributed by atoms with Crippen molar-refractivity contribution < 1.29 is 23.8 Å². The van der Waals surface area contributed by atoms with E-state index in [4.69, 9.17) is 14.3 Å². The number of rotatable bonds is 4. The van der Waals surface area contributed by atoms with E-state index >= 15 is 0 Å². The second-order valence-corrected chi connectivity index (χ2v) is 5.04. The van der Waals surface area contributed by atoms with Crippen molar-refractivity contribution in [3.8, 4) is 0 Å². The van der Waals surface area contributed by atoms with Gasteiger partial charge in [0.25, 0.3) is 5.91 Å². The number of hydrogen-bond acceptors (Lipinski definition) is 5. The molecule has 0 bridgehead atoms. The number of amides is 1. The molecule has 0 spiro atoms. The Morgan fingerprint density at radius 2 is 2.26 bits per heavy atom. The molecule has 1 aromatic rings. The smallest absolute Gasteiger partial charge is 0.326 e. The van der Waals surface area contributed by atoms with E-state index in [1.807, 2.05) is 6.26 Å². The zero-order valence-corrected chi connectivity index (χ0v) is 11.5. The van der Waals surface area contributed by atoms with E-state index in [2.05, 4.69) is 0 Å². The summed E-state index contributed by atoms with van der Waals surface area (Å²) in [5, 5.41) is 9.78. The molecule has 1 aliphatic heterocycles. The fourth-order valence-electron chi connectivity index (χ4n) is 2.11. The first-order valence-electron chi connectivity index (χ1n) is 5.77. The molecule has 104 valence electrons. The molecular weight excluding hydrogens is 270 g/mol. The molecule has 1 N–H and O–H groups in total. The number of carbonyl (C=O) groups excluding carboxylic acids is 1. The second kappa shape index (κ2) is 5.66. The van der Waals surface area contributed by atoms with Gasteiger partial charge in [-0.25, -0.2) is 4.79 Å². The van der Waals surface area contributed by atoms with Crippen LogP contribution in [-0.2, 0) is 9.53 Å². The van der Waals surface area contributed by atoms with Gasteiger partial charge in [0.05, 0.1) is 6.10 Å². The summed E-state index contributed by atoms with van der Waals surface area (Å²) >= 11 is 1.38. The molecule has 6 nitrogen and oxygen atoms in total. The summed E-state index contributed by atoms with van der Waals surface area (Å²) in [6, 6.07) is 2.39. The van der Waals surface area contributed by atoms with Crippen LogP contribution in [0.4, 0.5) is 0 Å². The number of carbonyl (C=O) groups is 2. The van der Waals surface area contributed by atoms with Crippen molar-refractivity contribution in [2.45, 2.75) is 23.7 Å². The summed E-state index contributed by atoms with van der Waals surface area (Å²) in [6.45, 7) is 0.265. The average molecular weight is 285 g/mol. The highest BCUT2D eigenvalue weighted by atomic mass is 32.2. The fourth-order valence-corrected chi connectivity index (χ4v) is 2.49. The number of likely N-dealkylation sites (tertiary alicyclic amines) is 1. The van der Waals surface area contributed by atoms with Gasteiger partial charge in [-0.3, -0.25) is 4.79 Å². The number of carboxylic acid groups (broad SMARTS) is 1. The molecule has 2 heterocycles. The number of nitrogens with zero attached hydrogens (tertiary/aromatic N) is 1. The van der Waals surface area contributed by atoms with Crippen LogP contribution in [0, 0.1) is 0 Å². The second-order valence-electron chi connectivity index (χ2n) is 4.23. The molecule has 2 unspecified atom stereocenters. The molecule has 0 radical (unpaired) electrons. The number of carboxylic acids is 1. The molecule has 2 rings (SSSR count). The van der Waals surface area contributed by atoms with Crippen LogP contribution >= 0.6 is 11.8 Å². The zero-order chi connectivity index (χ0) is 14.0. The molecule has 1 aliphatic rings. The fraction of sp³-hybridized carbons (Fsp3) is 0.500. The van der Waals surface area contributed by atoms with E-state index in [1.165, 1.54) is 23.8 Å². The lowest BCUT2D eigenvalue weighted by atomic mass is 10.2. The first-order chi connectivity index (χ1) is 9.06. The number of ether oxygens (including phenoxy) is 1. The Morgan fingerprint density at radius 3 is 2.79 bits per heavy atom. The van der Waals surface area contributed by atoms with Crippen LogP contribution in [-0.4, -0.2) is 53.9 Å². The minimum atomic E-state index is -1.02. The normalized spacial score (nSPS) is 22.7. The van der Waals surface area contributed by atoms with Gasteiger partial charge in [0.15, 0.2) is 10.9 Å². The molecule has 1 saturated heterocycles. The molecule has 0 aromatic carbocycles. The van der Waals surface area contributed by atoms with Crippen molar-refractivity contribution in [3.05, 3.63) is 17.9 Å². The summed E-state index contributed by atoms with van der Waals surface area (Å²) in [6.07, 6.45) is 1.89. The molecular formula is C12H15NO5S. The Balaban J connectivity index is 2.18. The highest BCUT2D eigenvalue weighted by Crippen LogP contribution is 2.25. The lowest BCUT2D eigenvalue weighted by molar-refractivity contribution is -0.141. The highest BCUT2D eigenvalue weighted by molar-refractivity contribution is 7.98. The molecule has 7 heteroatoms. The van der Waals surface area contributed by atoms with Crippen LogP contribution in [0.3, 0.4) is 0 Å². The SMILES string of the molecule is COC1CC(C(=O)O)N(C(=O)c2ccc(SC)o2)C1. The molecule has 1 fully saturated rings. The van der Waals surface area contributed by atoms with Crippen LogP contribution in [0.15, 0.2) is 21.6 Å². The van der Waals surface area contributed by atoms with Crippen LogP contribution in [0.25, 0.3) is 0 Å². The van der Waals surface area contributed by atoms with Crippen molar-refractivity contribution in [2.75, 3.05) is 19.9 Å². The Kier molecular flexibility index (Phi) is 4.16. The van der Waals surface area contributed by atoms with Gasteiger partial charge in [0.1, 0.15) is 6.04 Å². The van der Waals surface area contributed by atoms with Crippen LogP contribution < -0.4 is 0 Å². The number of methoxy groups -OCH3 is 1. The predicted octanol–water partition coefficient (Wildman–Crippen LogP) is 1.32. The topological polar surface area (TPSA) is 80.0 Å². The van der Waals surface area contributed by atoms with Crippen molar-refractivity contribution >= 4 is 23.6 Å². The predicted molar refractivity (Wildman–Crippen MR) is 68.4 cm³/mol. The Bertz CT molecular complexity index is 486.